The zero-order valence-corrected chi connectivity index (χ0v) is 13.4. The van der Waals surface area contributed by atoms with E-state index in [0.717, 1.165) is 44.7 Å². The summed E-state index contributed by atoms with van der Waals surface area (Å²) in [5.74, 6) is 0. The summed E-state index contributed by atoms with van der Waals surface area (Å²) in [5, 5.41) is 6.51. The van der Waals surface area contributed by atoms with Crippen LogP contribution in [0.3, 0.4) is 0 Å². The van der Waals surface area contributed by atoms with Gasteiger partial charge in [-0.05, 0) is 44.4 Å². The predicted octanol–water partition coefficient (Wildman–Crippen LogP) is 1.72. The summed E-state index contributed by atoms with van der Waals surface area (Å²) in [6.07, 6.45) is 6.17. The zero-order chi connectivity index (χ0) is 15.4. The SMILES string of the molecule is Cc1cccnc1CCNC(=O)N1CCC[C@@]2(CCNC2)C1. The molecule has 0 saturated carbocycles. The molecule has 2 aliphatic heterocycles. The second kappa shape index (κ2) is 6.65. The van der Waals surface area contributed by atoms with E-state index in [0.29, 0.717) is 12.0 Å². The topological polar surface area (TPSA) is 57.3 Å². The van der Waals surface area contributed by atoms with Gasteiger partial charge in [0.05, 0.1) is 0 Å². The van der Waals surface area contributed by atoms with E-state index in [1.807, 2.05) is 17.2 Å². The first-order chi connectivity index (χ1) is 10.7. The molecule has 0 aliphatic carbocycles. The van der Waals surface area contributed by atoms with Crippen LogP contribution in [0.4, 0.5) is 4.79 Å². The van der Waals surface area contributed by atoms with Crippen LogP contribution >= 0.6 is 0 Å². The van der Waals surface area contributed by atoms with E-state index < -0.39 is 0 Å². The van der Waals surface area contributed by atoms with Gasteiger partial charge in [0.1, 0.15) is 0 Å². The Kier molecular flexibility index (Phi) is 4.62. The first-order valence-corrected chi connectivity index (χ1v) is 8.33. The van der Waals surface area contributed by atoms with Gasteiger partial charge in [-0.3, -0.25) is 4.98 Å². The number of carbonyl (C=O) groups is 1. The molecule has 2 N–H and O–H groups in total. The molecule has 2 saturated heterocycles. The third-order valence-electron chi connectivity index (χ3n) is 5.04. The molecule has 2 fully saturated rings. The van der Waals surface area contributed by atoms with Crippen LogP contribution in [-0.2, 0) is 6.42 Å². The Morgan fingerprint density at radius 1 is 1.50 bits per heavy atom. The molecule has 2 amide bonds. The van der Waals surface area contributed by atoms with Crippen LogP contribution in [0, 0.1) is 12.3 Å². The van der Waals surface area contributed by atoms with Crippen LogP contribution in [0.1, 0.15) is 30.5 Å². The van der Waals surface area contributed by atoms with Crippen molar-refractivity contribution in [2.24, 2.45) is 5.41 Å². The summed E-state index contributed by atoms with van der Waals surface area (Å²) < 4.78 is 0. The van der Waals surface area contributed by atoms with Gasteiger partial charge in [0.25, 0.3) is 0 Å². The number of pyridine rings is 1. The quantitative estimate of drug-likeness (QED) is 0.894. The number of hydrogen-bond acceptors (Lipinski definition) is 3. The van der Waals surface area contributed by atoms with Crippen LogP contribution in [0.2, 0.25) is 0 Å². The van der Waals surface area contributed by atoms with E-state index >= 15 is 0 Å². The monoisotopic (exact) mass is 302 g/mol. The predicted molar refractivity (Wildman–Crippen MR) is 86.8 cm³/mol. The highest BCUT2D eigenvalue weighted by molar-refractivity contribution is 5.74. The lowest BCUT2D eigenvalue weighted by atomic mass is 9.79. The molecule has 5 heteroatoms. The van der Waals surface area contributed by atoms with Crippen molar-refractivity contribution in [3.05, 3.63) is 29.6 Å². The number of amides is 2. The molecule has 0 aromatic carbocycles. The van der Waals surface area contributed by atoms with Crippen molar-refractivity contribution in [3.8, 4) is 0 Å². The van der Waals surface area contributed by atoms with Gasteiger partial charge in [-0.2, -0.15) is 0 Å². The number of aromatic nitrogens is 1. The van der Waals surface area contributed by atoms with Gasteiger partial charge in [-0.25, -0.2) is 4.79 Å². The van der Waals surface area contributed by atoms with Crippen molar-refractivity contribution in [1.29, 1.82) is 0 Å². The lowest BCUT2D eigenvalue weighted by molar-refractivity contribution is 0.118. The summed E-state index contributed by atoms with van der Waals surface area (Å²) in [4.78, 5) is 18.8. The highest BCUT2D eigenvalue weighted by atomic mass is 16.2. The van der Waals surface area contributed by atoms with Crippen molar-refractivity contribution in [1.82, 2.24) is 20.5 Å². The molecule has 1 spiro atoms. The Morgan fingerprint density at radius 3 is 3.18 bits per heavy atom. The van der Waals surface area contributed by atoms with Crippen molar-refractivity contribution in [2.45, 2.75) is 32.6 Å². The number of nitrogens with one attached hydrogen (secondary N) is 2. The third kappa shape index (κ3) is 3.40. The molecule has 0 radical (unpaired) electrons. The van der Waals surface area contributed by atoms with Crippen molar-refractivity contribution >= 4 is 6.03 Å². The molecule has 1 aromatic heterocycles. The molecule has 5 nitrogen and oxygen atoms in total. The van der Waals surface area contributed by atoms with Gasteiger partial charge in [-0.15, -0.1) is 0 Å². The minimum absolute atomic E-state index is 0.0829. The van der Waals surface area contributed by atoms with E-state index in [4.69, 9.17) is 0 Å². The van der Waals surface area contributed by atoms with Crippen LogP contribution < -0.4 is 10.6 Å². The normalized spacial score (nSPS) is 24.7. The van der Waals surface area contributed by atoms with E-state index in [1.54, 1.807) is 0 Å². The number of hydrogen-bond donors (Lipinski definition) is 2. The Balaban J connectivity index is 1.48. The molecule has 0 unspecified atom stereocenters. The summed E-state index contributed by atoms with van der Waals surface area (Å²) in [5.41, 5.74) is 2.58. The molecule has 1 atom stereocenters. The maximum absolute atomic E-state index is 12.4. The van der Waals surface area contributed by atoms with Crippen LogP contribution in [0.25, 0.3) is 0 Å². The largest absolute Gasteiger partial charge is 0.338 e. The summed E-state index contributed by atoms with van der Waals surface area (Å²) in [7, 11) is 0. The Morgan fingerprint density at radius 2 is 2.41 bits per heavy atom. The Hall–Kier alpha value is -1.62. The highest BCUT2D eigenvalue weighted by Gasteiger charge is 2.39. The average Bonchev–Trinajstić information content (AvgIpc) is 2.97. The number of likely N-dealkylation sites (tertiary alicyclic amines) is 1. The molecule has 3 heterocycles. The van der Waals surface area contributed by atoms with Gasteiger partial charge in [0.2, 0.25) is 0 Å². The minimum Gasteiger partial charge on any atom is -0.338 e. The van der Waals surface area contributed by atoms with E-state index in [2.05, 4.69) is 28.6 Å². The molecule has 3 rings (SSSR count). The zero-order valence-electron chi connectivity index (χ0n) is 13.4. The Labute approximate surface area is 132 Å². The summed E-state index contributed by atoms with van der Waals surface area (Å²) in [6.45, 7) is 6.65. The lowest BCUT2D eigenvalue weighted by Crippen LogP contribution is -2.50. The molecule has 1 aromatic rings. The first-order valence-electron chi connectivity index (χ1n) is 8.33. The van der Waals surface area contributed by atoms with E-state index in [-0.39, 0.29) is 6.03 Å². The molecular weight excluding hydrogens is 276 g/mol. The van der Waals surface area contributed by atoms with Crippen molar-refractivity contribution < 1.29 is 4.79 Å². The number of urea groups is 1. The van der Waals surface area contributed by atoms with Crippen molar-refractivity contribution in [3.63, 3.8) is 0 Å². The van der Waals surface area contributed by atoms with Crippen LogP contribution in [0.5, 0.6) is 0 Å². The summed E-state index contributed by atoms with van der Waals surface area (Å²) in [6, 6.07) is 4.09. The second-order valence-corrected chi connectivity index (χ2v) is 6.70. The standard InChI is InChI=1S/C17H26N4O/c1-14-4-2-8-19-15(14)5-9-20-16(22)21-11-3-6-17(13-21)7-10-18-12-17/h2,4,8,18H,3,5-7,9-13H2,1H3,(H,20,22)/t17-/m0/s1. The lowest BCUT2D eigenvalue weighted by Gasteiger charge is -2.39. The third-order valence-corrected chi connectivity index (χ3v) is 5.04. The number of aryl methyl sites for hydroxylation is 1. The molecule has 22 heavy (non-hydrogen) atoms. The number of nitrogens with zero attached hydrogens (tertiary/aromatic N) is 2. The molecular formula is C17H26N4O. The van der Waals surface area contributed by atoms with Gasteiger partial charge in [0.15, 0.2) is 0 Å². The fourth-order valence-electron chi connectivity index (χ4n) is 3.70. The molecule has 2 aliphatic rings. The van der Waals surface area contributed by atoms with Gasteiger partial charge in [-0.1, -0.05) is 6.07 Å². The van der Waals surface area contributed by atoms with Gasteiger partial charge in [0, 0.05) is 49.9 Å². The average molecular weight is 302 g/mol. The first kappa shape index (κ1) is 15.3. The Bertz CT molecular complexity index is 525. The maximum Gasteiger partial charge on any atom is 0.317 e. The molecule has 120 valence electrons. The fourth-order valence-corrected chi connectivity index (χ4v) is 3.70. The summed E-state index contributed by atoms with van der Waals surface area (Å²) >= 11 is 0. The van der Waals surface area contributed by atoms with E-state index in [1.165, 1.54) is 18.4 Å². The fraction of sp³-hybridized carbons (Fsp3) is 0.647. The number of piperidine rings is 1. The van der Waals surface area contributed by atoms with Gasteiger partial charge >= 0.3 is 6.03 Å². The smallest absolute Gasteiger partial charge is 0.317 e. The molecule has 0 bridgehead atoms. The van der Waals surface area contributed by atoms with Crippen LogP contribution in [0.15, 0.2) is 18.3 Å². The number of carbonyl (C=O) groups excluding carboxylic acids is 1. The van der Waals surface area contributed by atoms with Gasteiger partial charge < -0.3 is 15.5 Å². The highest BCUT2D eigenvalue weighted by Crippen LogP contribution is 2.35. The van der Waals surface area contributed by atoms with Crippen molar-refractivity contribution in [2.75, 3.05) is 32.7 Å². The number of rotatable bonds is 3. The van der Waals surface area contributed by atoms with Crippen LogP contribution in [-0.4, -0.2) is 48.6 Å². The maximum atomic E-state index is 12.4. The van der Waals surface area contributed by atoms with E-state index in [9.17, 15) is 4.79 Å². The second-order valence-electron chi connectivity index (χ2n) is 6.70. The minimum atomic E-state index is 0.0829.